The van der Waals surface area contributed by atoms with Gasteiger partial charge in [-0.1, -0.05) is 0 Å². The highest BCUT2D eigenvalue weighted by Gasteiger charge is 2.29. The minimum absolute atomic E-state index is 0.00675. The Morgan fingerprint density at radius 1 is 1.45 bits per heavy atom. The van der Waals surface area contributed by atoms with Crippen LogP contribution in [0.1, 0.15) is 57.8 Å². The first-order valence-corrected chi connectivity index (χ1v) is 7.78. The molecule has 1 aromatic heterocycles. The smallest absolute Gasteiger partial charge is 0.240 e. The molecule has 1 N–H and O–H groups in total. The van der Waals surface area contributed by atoms with E-state index in [2.05, 4.69) is 35.9 Å². The van der Waals surface area contributed by atoms with Crippen molar-refractivity contribution < 1.29 is 9.59 Å². The zero-order valence-corrected chi connectivity index (χ0v) is 14.1. The number of hydrogen-bond acceptors (Lipinski definition) is 3. The van der Waals surface area contributed by atoms with E-state index in [1.54, 1.807) is 7.05 Å². The Morgan fingerprint density at radius 3 is 2.73 bits per heavy atom. The van der Waals surface area contributed by atoms with Gasteiger partial charge in [0, 0.05) is 25.2 Å². The van der Waals surface area contributed by atoms with Crippen LogP contribution in [0.4, 0.5) is 0 Å². The van der Waals surface area contributed by atoms with Crippen molar-refractivity contribution in [2.45, 2.75) is 58.5 Å². The lowest BCUT2D eigenvalue weighted by atomic mass is 9.92. The molecular weight excluding hydrogens is 280 g/mol. The van der Waals surface area contributed by atoms with Crippen molar-refractivity contribution in [3.05, 3.63) is 17.5 Å². The van der Waals surface area contributed by atoms with Gasteiger partial charge >= 0.3 is 0 Å². The van der Waals surface area contributed by atoms with Crippen molar-refractivity contribution in [2.75, 3.05) is 13.6 Å². The van der Waals surface area contributed by atoms with Crippen molar-refractivity contribution in [3.8, 4) is 0 Å². The van der Waals surface area contributed by atoms with E-state index in [1.807, 2.05) is 6.20 Å². The fourth-order valence-electron chi connectivity index (χ4n) is 2.85. The van der Waals surface area contributed by atoms with E-state index in [4.69, 9.17) is 0 Å². The number of carbonyl (C=O) groups is 2. The Bertz CT molecular complexity index is 571. The number of hydrogen-bond donors (Lipinski definition) is 1. The van der Waals surface area contributed by atoms with Crippen LogP contribution in [0, 0.1) is 0 Å². The molecule has 1 heterocycles. The lowest BCUT2D eigenvalue weighted by molar-refractivity contribution is -0.133. The van der Waals surface area contributed by atoms with Crippen LogP contribution in [0.15, 0.2) is 6.20 Å². The minimum atomic E-state index is -0.126. The second kappa shape index (κ2) is 6.10. The fourth-order valence-corrected chi connectivity index (χ4v) is 2.85. The summed E-state index contributed by atoms with van der Waals surface area (Å²) in [6, 6.07) is -0.00675. The molecule has 1 atom stereocenters. The average molecular weight is 306 g/mol. The molecule has 6 heteroatoms. The molecule has 0 aliphatic heterocycles. The highest BCUT2D eigenvalue weighted by Crippen LogP contribution is 2.32. The molecule has 0 fully saturated rings. The largest absolute Gasteiger partial charge is 0.348 e. The molecule has 1 aliphatic carbocycles. The second-order valence-electron chi connectivity index (χ2n) is 7.02. The molecule has 0 saturated carbocycles. The topological polar surface area (TPSA) is 67.2 Å². The maximum absolute atomic E-state index is 12.1. The Hall–Kier alpha value is -1.85. The van der Waals surface area contributed by atoms with Gasteiger partial charge in [-0.3, -0.25) is 14.3 Å². The number of aromatic nitrogens is 2. The van der Waals surface area contributed by atoms with Crippen molar-refractivity contribution in [1.82, 2.24) is 20.0 Å². The van der Waals surface area contributed by atoms with Crippen LogP contribution in [0.2, 0.25) is 0 Å². The standard InChI is InChI=1S/C16H26N4O2/c1-11(21)19(5)10-15(22)18-13-7-6-8-14-12(13)9-17-20(14)16(2,3)4/h9,13H,6-8,10H2,1-5H3,(H,18,22). The van der Waals surface area contributed by atoms with Crippen molar-refractivity contribution in [1.29, 1.82) is 0 Å². The molecule has 1 aromatic rings. The summed E-state index contributed by atoms with van der Waals surface area (Å²) >= 11 is 0. The Morgan fingerprint density at radius 2 is 2.14 bits per heavy atom. The molecule has 122 valence electrons. The van der Waals surface area contributed by atoms with Gasteiger partial charge in [0.15, 0.2) is 0 Å². The van der Waals surface area contributed by atoms with Gasteiger partial charge in [0.1, 0.15) is 0 Å². The van der Waals surface area contributed by atoms with Crippen LogP contribution in [0.3, 0.4) is 0 Å². The molecule has 22 heavy (non-hydrogen) atoms. The third-order valence-corrected chi connectivity index (χ3v) is 4.07. The molecule has 2 rings (SSSR count). The lowest BCUT2D eigenvalue weighted by Gasteiger charge is -2.28. The quantitative estimate of drug-likeness (QED) is 0.922. The van der Waals surface area contributed by atoms with Gasteiger partial charge in [-0.25, -0.2) is 0 Å². The number of nitrogens with zero attached hydrogens (tertiary/aromatic N) is 3. The average Bonchev–Trinajstić information content (AvgIpc) is 2.83. The molecule has 0 radical (unpaired) electrons. The van der Waals surface area contributed by atoms with Gasteiger partial charge in [-0.2, -0.15) is 5.10 Å². The maximum atomic E-state index is 12.1. The molecular formula is C16H26N4O2. The zero-order chi connectivity index (χ0) is 16.5. The Balaban J connectivity index is 2.12. The minimum Gasteiger partial charge on any atom is -0.348 e. The maximum Gasteiger partial charge on any atom is 0.240 e. The molecule has 0 aromatic carbocycles. The first kappa shape index (κ1) is 16.5. The van der Waals surface area contributed by atoms with Gasteiger partial charge in [-0.15, -0.1) is 0 Å². The Kier molecular flexibility index (Phi) is 4.58. The van der Waals surface area contributed by atoms with E-state index >= 15 is 0 Å². The van der Waals surface area contributed by atoms with Crippen molar-refractivity contribution in [2.24, 2.45) is 0 Å². The summed E-state index contributed by atoms with van der Waals surface area (Å²) in [5.41, 5.74) is 2.26. The van der Waals surface area contributed by atoms with Gasteiger partial charge in [-0.05, 0) is 40.0 Å². The number of fused-ring (bicyclic) bond motifs is 1. The third kappa shape index (κ3) is 3.48. The summed E-state index contributed by atoms with van der Waals surface area (Å²) in [5, 5.41) is 7.56. The number of likely N-dealkylation sites (N-methyl/N-ethyl adjacent to an activating group) is 1. The van der Waals surface area contributed by atoms with Crippen LogP contribution in [0.25, 0.3) is 0 Å². The highest BCUT2D eigenvalue weighted by molar-refractivity contribution is 5.83. The van der Waals surface area contributed by atoms with Gasteiger partial charge in [0.05, 0.1) is 24.3 Å². The number of nitrogens with one attached hydrogen (secondary N) is 1. The van der Waals surface area contributed by atoms with E-state index in [0.717, 1.165) is 24.8 Å². The lowest BCUT2D eigenvalue weighted by Crippen LogP contribution is -2.40. The van der Waals surface area contributed by atoms with E-state index < -0.39 is 0 Å². The van der Waals surface area contributed by atoms with Gasteiger partial charge < -0.3 is 10.2 Å². The van der Waals surface area contributed by atoms with E-state index in [-0.39, 0.29) is 29.9 Å². The Labute approximate surface area is 131 Å². The summed E-state index contributed by atoms with van der Waals surface area (Å²) in [4.78, 5) is 24.7. The van der Waals surface area contributed by atoms with Gasteiger partial charge in [0.25, 0.3) is 0 Å². The molecule has 0 bridgehead atoms. The predicted octanol–water partition coefficient (Wildman–Crippen LogP) is 1.61. The van der Waals surface area contributed by atoms with Crippen LogP contribution in [-0.4, -0.2) is 40.1 Å². The zero-order valence-electron chi connectivity index (χ0n) is 14.1. The van der Waals surface area contributed by atoms with E-state index in [0.29, 0.717) is 0 Å². The summed E-state index contributed by atoms with van der Waals surface area (Å²) in [6.45, 7) is 7.94. The molecule has 0 spiro atoms. The molecule has 2 amide bonds. The second-order valence-corrected chi connectivity index (χ2v) is 7.02. The number of carbonyl (C=O) groups excluding carboxylic acids is 2. The first-order valence-electron chi connectivity index (χ1n) is 7.78. The predicted molar refractivity (Wildman–Crippen MR) is 84.4 cm³/mol. The van der Waals surface area contributed by atoms with E-state index in [9.17, 15) is 9.59 Å². The fraction of sp³-hybridized carbons (Fsp3) is 0.688. The number of amides is 2. The molecule has 1 aliphatic rings. The van der Waals surface area contributed by atoms with Crippen LogP contribution < -0.4 is 5.32 Å². The normalized spacial score (nSPS) is 17.8. The summed E-state index contributed by atoms with van der Waals surface area (Å²) in [7, 11) is 1.63. The summed E-state index contributed by atoms with van der Waals surface area (Å²) in [6.07, 6.45) is 4.81. The van der Waals surface area contributed by atoms with Gasteiger partial charge in [0.2, 0.25) is 11.8 Å². The van der Waals surface area contributed by atoms with Crippen LogP contribution >= 0.6 is 0 Å². The number of rotatable bonds is 3. The SMILES string of the molecule is CC(=O)N(C)CC(=O)NC1CCCc2c1cnn2C(C)(C)C. The highest BCUT2D eigenvalue weighted by atomic mass is 16.2. The van der Waals surface area contributed by atoms with E-state index in [1.165, 1.54) is 17.5 Å². The summed E-state index contributed by atoms with van der Waals surface area (Å²) in [5.74, 6) is -0.237. The first-order chi connectivity index (χ1) is 10.2. The van der Waals surface area contributed by atoms with Crippen molar-refractivity contribution >= 4 is 11.8 Å². The van der Waals surface area contributed by atoms with Crippen LogP contribution in [-0.2, 0) is 21.5 Å². The summed E-state index contributed by atoms with van der Waals surface area (Å²) < 4.78 is 2.06. The monoisotopic (exact) mass is 306 g/mol. The van der Waals surface area contributed by atoms with Crippen LogP contribution in [0.5, 0.6) is 0 Å². The third-order valence-electron chi connectivity index (χ3n) is 4.07. The molecule has 0 saturated heterocycles. The van der Waals surface area contributed by atoms with Crippen molar-refractivity contribution in [3.63, 3.8) is 0 Å². The molecule has 6 nitrogen and oxygen atoms in total. The molecule has 1 unspecified atom stereocenters.